The van der Waals surface area contributed by atoms with Gasteiger partial charge in [-0.3, -0.25) is 9.97 Å². The fourth-order valence-corrected chi connectivity index (χ4v) is 11.3. The van der Waals surface area contributed by atoms with Crippen LogP contribution in [0.1, 0.15) is 32.1 Å². The molecule has 0 atom stereocenters. The molecule has 12 nitrogen and oxygen atoms in total. The van der Waals surface area contributed by atoms with Gasteiger partial charge in [0.2, 0.25) is 0 Å². The topological polar surface area (TPSA) is 64.6 Å². The lowest BCUT2D eigenvalue weighted by Gasteiger charge is -2.03. The van der Waals surface area contributed by atoms with Gasteiger partial charge in [0.25, 0.3) is 0 Å². The van der Waals surface area contributed by atoms with E-state index in [1.807, 2.05) is 49.1 Å². The van der Waals surface area contributed by atoms with Crippen molar-refractivity contribution in [2.75, 3.05) is 0 Å². The van der Waals surface area contributed by atoms with Gasteiger partial charge in [0.1, 0.15) is 0 Å². The van der Waals surface area contributed by atoms with E-state index in [0.29, 0.717) is 0 Å². The van der Waals surface area contributed by atoms with Gasteiger partial charge in [-0.15, -0.1) is 0 Å². The molecule has 12 rings (SSSR count). The van der Waals surface area contributed by atoms with E-state index >= 15 is 0 Å². The third-order valence-corrected chi connectivity index (χ3v) is 16.4. The number of aryl methyl sites for hydroxylation is 10. The van der Waals surface area contributed by atoms with Crippen LogP contribution in [0.4, 0.5) is 0 Å². The van der Waals surface area contributed by atoms with Crippen LogP contribution in [0.2, 0.25) is 0 Å². The fourth-order valence-electron chi connectivity index (χ4n) is 11.3. The van der Waals surface area contributed by atoms with Crippen LogP contribution in [0.15, 0.2) is 294 Å². The van der Waals surface area contributed by atoms with Crippen LogP contribution < -0.4 is 45.7 Å². The van der Waals surface area contributed by atoms with E-state index in [2.05, 4.69) is 301 Å². The minimum atomic E-state index is 0.964. The Kier molecular flexibility index (Phi) is 19.1. The molecule has 0 aliphatic rings. The van der Waals surface area contributed by atoms with Gasteiger partial charge in [-0.25, -0.2) is 45.7 Å². The molecule has 12 heteroatoms. The molecule has 12 aromatic heterocycles. The molecular formula is C75H78N12+10. The molecule has 0 aliphatic heterocycles. The van der Waals surface area contributed by atoms with Crippen LogP contribution >= 0.6 is 0 Å². The Balaban J connectivity index is 0.513. The molecule has 0 saturated carbocycles. The fraction of sp³-hybridized carbons (Fsp3) is 0.200. The van der Waals surface area contributed by atoms with Gasteiger partial charge in [0.15, 0.2) is 189 Å². The van der Waals surface area contributed by atoms with Crippen molar-refractivity contribution in [2.24, 2.45) is 0 Å². The first-order chi connectivity index (χ1) is 43.0. The van der Waals surface area contributed by atoms with E-state index in [1.165, 1.54) is 66.8 Å². The van der Waals surface area contributed by atoms with Crippen molar-refractivity contribution in [3.63, 3.8) is 0 Å². The Morgan fingerprint density at radius 2 is 0.253 bits per heavy atom. The Morgan fingerprint density at radius 1 is 0.149 bits per heavy atom. The zero-order valence-electron chi connectivity index (χ0n) is 49.7. The van der Waals surface area contributed by atoms with Crippen LogP contribution in [0.25, 0.3) is 66.8 Å². The number of hydrogen-bond acceptors (Lipinski definition) is 2. The van der Waals surface area contributed by atoms with Gasteiger partial charge >= 0.3 is 0 Å². The quantitative estimate of drug-likeness (QED) is 0.0510. The number of rotatable bonds is 26. The van der Waals surface area contributed by atoms with Gasteiger partial charge in [-0.05, 0) is 91.0 Å². The summed E-state index contributed by atoms with van der Waals surface area (Å²) in [6, 6.07) is 52.5. The lowest BCUT2D eigenvalue weighted by Crippen LogP contribution is -2.38. The summed E-state index contributed by atoms with van der Waals surface area (Å²) in [5, 5.41) is 0. The molecule has 428 valence electrons. The van der Waals surface area contributed by atoms with Crippen LogP contribution in [0, 0.1) is 0 Å². The second-order valence-electron chi connectivity index (χ2n) is 22.5. The summed E-state index contributed by atoms with van der Waals surface area (Å²) in [5.41, 5.74) is 14.7. The van der Waals surface area contributed by atoms with Crippen molar-refractivity contribution in [1.82, 2.24) is 9.97 Å². The Hall–Kier alpha value is -10.2. The van der Waals surface area contributed by atoms with Gasteiger partial charge in [-0.2, -0.15) is 0 Å². The molecule has 0 N–H and O–H groups in total. The highest BCUT2D eigenvalue weighted by Crippen LogP contribution is 2.21. The number of hydrogen-bond donors (Lipinski definition) is 0. The molecule has 0 bridgehead atoms. The molecule has 0 amide bonds. The normalized spacial score (nSPS) is 11.2. The Labute approximate surface area is 511 Å². The summed E-state index contributed by atoms with van der Waals surface area (Å²) in [4.78, 5) is 8.26. The van der Waals surface area contributed by atoms with Gasteiger partial charge in [-0.1, -0.05) is 0 Å². The third-order valence-electron chi connectivity index (χ3n) is 16.4. The van der Waals surface area contributed by atoms with Crippen molar-refractivity contribution in [1.29, 1.82) is 0 Å². The van der Waals surface area contributed by atoms with Crippen molar-refractivity contribution in [2.45, 2.75) is 97.6 Å². The van der Waals surface area contributed by atoms with E-state index in [0.717, 1.165) is 97.6 Å². The highest BCUT2D eigenvalue weighted by Gasteiger charge is 2.15. The van der Waals surface area contributed by atoms with Crippen LogP contribution in [0.5, 0.6) is 0 Å². The summed E-state index contributed by atoms with van der Waals surface area (Å²) >= 11 is 0. The van der Waals surface area contributed by atoms with Crippen LogP contribution in [-0.2, 0) is 65.4 Å². The van der Waals surface area contributed by atoms with Crippen molar-refractivity contribution in [3.8, 4) is 66.8 Å². The van der Waals surface area contributed by atoms with Crippen molar-refractivity contribution >= 4 is 0 Å². The van der Waals surface area contributed by atoms with E-state index in [-0.39, 0.29) is 0 Å². The minimum absolute atomic E-state index is 0.964. The predicted octanol–water partition coefficient (Wildman–Crippen LogP) is 8.81. The Morgan fingerprint density at radius 3 is 0.368 bits per heavy atom. The molecule has 0 aliphatic carbocycles. The average molecular weight is 1150 g/mol. The molecule has 0 fully saturated rings. The molecule has 0 saturated heterocycles. The van der Waals surface area contributed by atoms with Crippen molar-refractivity contribution in [3.05, 3.63) is 294 Å². The van der Waals surface area contributed by atoms with E-state index < -0.39 is 0 Å². The van der Waals surface area contributed by atoms with Crippen molar-refractivity contribution < 1.29 is 45.7 Å². The molecule has 12 aromatic rings. The Bertz CT molecular complexity index is 3750. The molecule has 87 heavy (non-hydrogen) atoms. The summed E-state index contributed by atoms with van der Waals surface area (Å²) in [6.45, 7) is 9.69. The summed E-state index contributed by atoms with van der Waals surface area (Å²) in [6.07, 6.45) is 56.5. The van der Waals surface area contributed by atoms with Gasteiger partial charge in [0, 0.05) is 146 Å². The zero-order chi connectivity index (χ0) is 58.7. The molecule has 12 heterocycles. The lowest BCUT2D eigenvalue weighted by molar-refractivity contribution is -0.727. The van der Waals surface area contributed by atoms with Gasteiger partial charge in [0.05, 0.1) is 32.1 Å². The highest BCUT2D eigenvalue weighted by atomic mass is 15.0. The monoisotopic (exact) mass is 1150 g/mol. The zero-order valence-corrected chi connectivity index (χ0v) is 49.7. The first kappa shape index (κ1) is 57.2. The highest BCUT2D eigenvalue weighted by molar-refractivity contribution is 5.64. The van der Waals surface area contributed by atoms with Crippen LogP contribution in [0.3, 0.4) is 0 Å². The smallest absolute Gasteiger partial charge is 0.169 e. The SMILES string of the molecule is c1cc(-c2cc[n+](CCC[n+]3ccc(-c4cc[n+](CCC[n+]5ccc(-c6cc[n+](CCC[n+]7ccc(-c8cc[n+](CCC[n+]9ccc(-c%10cc[n+](CCC[n+]%11ccc(-c%12ccncc%12)cc%11)cc%10)cc9)cc8)cc7)cc6)cc5)cc4)cc3)cc2)ccn1. The maximum absolute atomic E-state index is 4.13. The second kappa shape index (κ2) is 29.1. The molecule has 0 unspecified atom stereocenters. The van der Waals surface area contributed by atoms with E-state index in [9.17, 15) is 0 Å². The first-order valence-electron chi connectivity index (χ1n) is 30.8. The summed E-state index contributed by atoms with van der Waals surface area (Å²) in [7, 11) is 0. The molecule has 0 spiro atoms. The van der Waals surface area contributed by atoms with Crippen LogP contribution in [-0.4, -0.2) is 9.97 Å². The third kappa shape index (κ3) is 16.2. The molecule has 0 radical (unpaired) electrons. The summed E-state index contributed by atoms with van der Waals surface area (Å²) in [5.74, 6) is 0. The summed E-state index contributed by atoms with van der Waals surface area (Å²) < 4.78 is 22.8. The average Bonchev–Trinajstić information content (AvgIpc) is 3.61. The van der Waals surface area contributed by atoms with E-state index in [1.54, 1.807) is 0 Å². The van der Waals surface area contributed by atoms with E-state index in [4.69, 9.17) is 0 Å². The largest absolute Gasteiger partial charge is 0.265 e. The van der Waals surface area contributed by atoms with Gasteiger partial charge < -0.3 is 0 Å². The minimum Gasteiger partial charge on any atom is -0.265 e. The predicted molar refractivity (Wildman–Crippen MR) is 332 cm³/mol. The number of nitrogens with zero attached hydrogens (tertiary/aromatic N) is 12. The maximum Gasteiger partial charge on any atom is 0.169 e. The first-order valence-corrected chi connectivity index (χ1v) is 30.8. The standard InChI is InChI=1S/C75H78N12/c1(34-78-44-10-66(11-45-78)64-6-30-76-31-7-64)36-80-48-14-68(15-49-80)70-18-52-82(53-19-70)38-3-40-84-56-22-72(23-57-84)74-26-60-86(61-27-74)42-5-43-87-62-28-75(29-63-87)73-24-58-85(59-25-73)41-4-39-83-54-20-71(21-55-83)69-16-50-81(51-17-69)37-2-35-79-46-12-67(13-47-79)65-8-32-77-33-9-65/h6-33,44-63H,1-5,34-43H2/q+10. The lowest BCUT2D eigenvalue weighted by atomic mass is 10.1. The second-order valence-corrected chi connectivity index (χ2v) is 22.5. The number of aromatic nitrogens is 12. The number of pyridine rings is 12. The molecular weight excluding hydrogens is 1070 g/mol. The molecule has 0 aromatic carbocycles. The maximum atomic E-state index is 4.13.